The summed E-state index contributed by atoms with van der Waals surface area (Å²) in [4.78, 5) is 25.2. The molecule has 0 aliphatic carbocycles. The minimum atomic E-state index is -1.40. The van der Waals surface area contributed by atoms with E-state index in [1.807, 2.05) is 6.07 Å². The monoisotopic (exact) mass is 603 g/mol. The fourth-order valence-corrected chi connectivity index (χ4v) is 2.42. The Morgan fingerprint density at radius 3 is 1.78 bits per heavy atom. The molecule has 2 amide bonds. The van der Waals surface area contributed by atoms with Crippen LogP contribution in [0, 0.1) is 22.7 Å². The number of halogens is 5. The van der Waals surface area contributed by atoms with Crippen LogP contribution in [0.25, 0.3) is 5.73 Å². The number of carbonyl (C=O) groups is 2. The number of carbonyl (C=O) groups excluding carboxylic acids is 2. The van der Waals surface area contributed by atoms with Gasteiger partial charge in [0.2, 0.25) is 11.6 Å². The zero-order valence-electron chi connectivity index (χ0n) is 18.5. The van der Waals surface area contributed by atoms with Gasteiger partial charge in [-0.1, -0.05) is 63.7 Å². The van der Waals surface area contributed by atoms with E-state index in [1.54, 1.807) is 30.3 Å². The summed E-state index contributed by atoms with van der Waals surface area (Å²) in [6, 6.07) is 11.7. The minimum absolute atomic E-state index is 0. The minimum Gasteiger partial charge on any atom is -0.870 e. The van der Waals surface area contributed by atoms with Gasteiger partial charge in [-0.15, -0.1) is 11.6 Å². The number of rotatable bonds is 6. The largest absolute Gasteiger partial charge is 1.00 e. The second-order valence-corrected chi connectivity index (χ2v) is 7.68. The Balaban J connectivity index is -0.000000490. The molecule has 1 unspecified atom stereocenters. The van der Waals surface area contributed by atoms with E-state index in [0.29, 0.717) is 31.5 Å². The van der Waals surface area contributed by atoms with Gasteiger partial charge in [0.1, 0.15) is 12.7 Å². The van der Waals surface area contributed by atoms with E-state index >= 15 is 0 Å². The van der Waals surface area contributed by atoms with Crippen molar-refractivity contribution >= 4 is 75.5 Å². The second kappa shape index (κ2) is 21.3. The topological polar surface area (TPSA) is 209 Å². The molecule has 1 atom stereocenters. The molecule has 0 aromatic heterocycles. The molecule has 10 nitrogen and oxygen atoms in total. The van der Waals surface area contributed by atoms with Gasteiger partial charge < -0.3 is 27.5 Å². The summed E-state index contributed by atoms with van der Waals surface area (Å²) in [5.74, 6) is -1.37. The first-order chi connectivity index (χ1) is 16.0. The normalized spacial score (nSPS) is 10.2. The smallest absolute Gasteiger partial charge is 0.870 e. The number of nitrogens with two attached hydrogens (primary N) is 2. The summed E-state index contributed by atoms with van der Waals surface area (Å²) in [6.45, 7) is 0.0509. The number of benzene rings is 2. The number of alkyl halides is 1. The van der Waals surface area contributed by atoms with E-state index in [9.17, 15) is 9.59 Å². The quantitative estimate of drug-likeness (QED) is 0.217. The van der Waals surface area contributed by atoms with Crippen molar-refractivity contribution in [3.05, 3.63) is 73.3 Å². The van der Waals surface area contributed by atoms with E-state index < -0.39 is 23.6 Å². The van der Waals surface area contributed by atoms with E-state index in [-0.39, 0.29) is 41.6 Å². The van der Waals surface area contributed by atoms with E-state index in [1.165, 1.54) is 12.1 Å². The first-order valence-corrected chi connectivity index (χ1v) is 10.7. The Hall–Kier alpha value is -1.80. The number of nitriles is 2. The molecule has 188 valence electrons. The standard InChI is InChI=1S/C10H7Cl2N3O2.C7H5Cl3.C3H4N3O.Na.H2O/c11-7-2-1-6(3-8(7)12)5-17-15-9(4-13)10(14)16;8-4-5-1-2-6(9)7(10)3-5;4-1-2(5)3(6)7;;/h1-3H,5H2,(H2,14,16);1-3H,4H2;2,5H,(H2,6,7);;1H2/q;;-1;+1;/p-1. The molecule has 2 rings (SSSR count). The van der Waals surface area contributed by atoms with Gasteiger partial charge in [0.25, 0.3) is 5.91 Å². The SMILES string of the molecule is ClCc1ccc(Cl)c(Cl)c1.N#CC(=NOCc1ccc(Cl)c(Cl)c1)C(N)=O.N#CC([NH-])C(N)=O.[Na+].[OH-]. The molecule has 0 aliphatic rings. The van der Waals surface area contributed by atoms with Gasteiger partial charge in [0, 0.05) is 11.9 Å². The van der Waals surface area contributed by atoms with Crippen LogP contribution in [0.2, 0.25) is 20.1 Å². The van der Waals surface area contributed by atoms with Gasteiger partial charge in [-0.3, -0.25) is 9.59 Å². The van der Waals surface area contributed by atoms with Crippen LogP contribution < -0.4 is 41.0 Å². The Kier molecular flexibility index (Phi) is 22.9. The van der Waals surface area contributed by atoms with E-state index in [4.69, 9.17) is 84.8 Å². The molecule has 36 heavy (non-hydrogen) atoms. The first kappa shape index (κ1) is 38.7. The van der Waals surface area contributed by atoms with Gasteiger partial charge in [-0.25, -0.2) is 0 Å². The van der Waals surface area contributed by atoms with E-state index in [2.05, 4.69) is 10.9 Å². The zero-order valence-corrected chi connectivity index (χ0v) is 24.3. The van der Waals surface area contributed by atoms with Crippen LogP contribution in [0.4, 0.5) is 0 Å². The maximum Gasteiger partial charge on any atom is 1.00 e. The molecule has 16 heteroatoms. The number of hydrogen-bond acceptors (Lipinski definition) is 7. The van der Waals surface area contributed by atoms with E-state index in [0.717, 1.165) is 5.56 Å². The van der Waals surface area contributed by atoms with Crippen LogP contribution in [-0.4, -0.2) is 29.0 Å². The van der Waals surface area contributed by atoms with Gasteiger partial charge in [0.05, 0.1) is 26.2 Å². The van der Waals surface area contributed by atoms with Crippen LogP contribution in [-0.2, 0) is 26.9 Å². The molecule has 6 N–H and O–H groups in total. The van der Waals surface area contributed by atoms with Crippen LogP contribution in [0.3, 0.4) is 0 Å². The number of nitrogens with zero attached hydrogens (tertiary/aromatic N) is 3. The number of hydrogen-bond donors (Lipinski definition) is 2. The molecule has 0 heterocycles. The molecule has 0 saturated heterocycles. The third kappa shape index (κ3) is 16.0. The molecular weight excluding hydrogens is 589 g/mol. The maximum atomic E-state index is 10.6. The van der Waals surface area contributed by atoms with Crippen LogP contribution in [0.1, 0.15) is 11.1 Å². The van der Waals surface area contributed by atoms with Crippen molar-refractivity contribution in [1.82, 2.24) is 0 Å². The molecular formula is C20H17Cl5N6NaO4-. The van der Waals surface area contributed by atoms with Gasteiger partial charge in [0.15, 0.2) is 0 Å². The number of oxime groups is 1. The molecule has 0 aliphatic heterocycles. The van der Waals surface area contributed by atoms with Crippen molar-refractivity contribution in [2.75, 3.05) is 0 Å². The predicted octanol–water partition coefficient (Wildman–Crippen LogP) is 1.85. The molecule has 0 spiro atoms. The third-order valence-corrected chi connectivity index (χ3v) is 5.05. The van der Waals surface area contributed by atoms with Gasteiger partial charge >= 0.3 is 29.6 Å². The number of primary amides is 2. The summed E-state index contributed by atoms with van der Waals surface area (Å²) in [5.41, 5.74) is 17.0. The first-order valence-electron chi connectivity index (χ1n) is 8.70. The van der Waals surface area contributed by atoms with Gasteiger partial charge in [-0.05, 0) is 35.4 Å². The van der Waals surface area contributed by atoms with Crippen LogP contribution in [0.5, 0.6) is 0 Å². The Labute approximate surface area is 254 Å². The predicted molar refractivity (Wildman–Crippen MR) is 134 cm³/mol. The van der Waals surface area contributed by atoms with Crippen molar-refractivity contribution in [1.29, 1.82) is 10.5 Å². The Morgan fingerprint density at radius 1 is 0.972 bits per heavy atom. The fourth-order valence-electron chi connectivity index (χ4n) is 1.61. The average Bonchev–Trinajstić information content (AvgIpc) is 2.80. The molecule has 0 fully saturated rings. The molecule has 0 saturated carbocycles. The number of nitrogens with one attached hydrogen (secondary N) is 1. The molecule has 2 aromatic carbocycles. The van der Waals surface area contributed by atoms with Gasteiger partial charge in [-0.2, -0.15) is 10.5 Å². The zero-order chi connectivity index (χ0) is 26.3. The van der Waals surface area contributed by atoms with Crippen molar-refractivity contribution in [2.45, 2.75) is 18.5 Å². The maximum absolute atomic E-state index is 10.6. The summed E-state index contributed by atoms with van der Waals surface area (Å²) in [6.07, 6.45) is 0. The Morgan fingerprint density at radius 2 is 1.44 bits per heavy atom. The second-order valence-electron chi connectivity index (χ2n) is 5.78. The van der Waals surface area contributed by atoms with Crippen LogP contribution >= 0.6 is 58.0 Å². The third-order valence-electron chi connectivity index (χ3n) is 3.26. The molecule has 0 bridgehead atoms. The average molecular weight is 606 g/mol. The van der Waals surface area contributed by atoms with Crippen molar-refractivity contribution < 1.29 is 49.5 Å². The summed E-state index contributed by atoms with van der Waals surface area (Å²) < 4.78 is 0. The van der Waals surface area contributed by atoms with Crippen molar-refractivity contribution in [2.24, 2.45) is 16.6 Å². The summed E-state index contributed by atoms with van der Waals surface area (Å²) >= 11 is 28.4. The van der Waals surface area contributed by atoms with Crippen molar-refractivity contribution in [3.63, 3.8) is 0 Å². The van der Waals surface area contributed by atoms with Crippen LogP contribution in [0.15, 0.2) is 41.6 Å². The number of amides is 2. The molecule has 2 aromatic rings. The Bertz CT molecular complexity index is 1120. The summed E-state index contributed by atoms with van der Waals surface area (Å²) in [5, 5.41) is 21.5. The van der Waals surface area contributed by atoms with Crippen molar-refractivity contribution in [3.8, 4) is 12.1 Å². The molecule has 0 radical (unpaired) electrons. The fraction of sp³-hybridized carbons (Fsp3) is 0.150. The summed E-state index contributed by atoms with van der Waals surface area (Å²) in [7, 11) is 0.